The number of para-hydroxylation sites is 3. The van der Waals surface area contributed by atoms with Crippen molar-refractivity contribution in [1.29, 1.82) is 0 Å². The minimum absolute atomic E-state index is 0.00846. The van der Waals surface area contributed by atoms with E-state index in [4.69, 9.17) is 24.4 Å². The summed E-state index contributed by atoms with van der Waals surface area (Å²) in [6, 6.07) is 32.6. The van der Waals surface area contributed by atoms with E-state index >= 15 is 27.6 Å². The van der Waals surface area contributed by atoms with Gasteiger partial charge in [-0.2, -0.15) is 0 Å². The standard InChI is InChI=1S/C44H38N6O6S7/c1-40-35(52)47(25-59-38(57)60-40)33-42(23-32(51)45(40)3,29-20-12-14-22-31(29)50(33)63(55,56)27-17-9-6-10-18-27)43-24-44-37(54)46(4)41(2,61-39(58)62-44)36(53)49(44)34(43)48(26-15-7-5-8-16-26)30-21-13-11-19-28(30)43/h5-22,33-34H,23-25H2,1-4H3/t33-,34+,40+,41+,42?,43?,44?/m0/s1. The number of thioether (sulfide) groups is 4. The highest BCUT2D eigenvalue weighted by Gasteiger charge is 2.84. The Morgan fingerprint density at radius 1 is 0.635 bits per heavy atom. The van der Waals surface area contributed by atoms with Crippen molar-refractivity contribution in [3.05, 3.63) is 120 Å². The average molecular weight is 971 g/mol. The van der Waals surface area contributed by atoms with Crippen molar-refractivity contribution in [2.75, 3.05) is 29.2 Å². The lowest BCUT2D eigenvalue weighted by Gasteiger charge is -2.57. The molecule has 4 aromatic carbocycles. The number of benzene rings is 4. The molecule has 7 atom stereocenters. The summed E-state index contributed by atoms with van der Waals surface area (Å²) >= 11 is 16.6. The van der Waals surface area contributed by atoms with Crippen LogP contribution in [0.3, 0.4) is 0 Å². The van der Waals surface area contributed by atoms with Gasteiger partial charge in [0.05, 0.1) is 27.3 Å². The zero-order valence-corrected chi connectivity index (χ0v) is 39.9. The first kappa shape index (κ1) is 41.6. The number of carbonyl (C=O) groups excluding carboxylic acids is 4. The van der Waals surface area contributed by atoms with Gasteiger partial charge in [0, 0.05) is 38.3 Å². The van der Waals surface area contributed by atoms with Crippen LogP contribution < -0.4 is 9.21 Å². The van der Waals surface area contributed by atoms with E-state index in [1.54, 1.807) is 68.1 Å². The van der Waals surface area contributed by atoms with Gasteiger partial charge in [-0.15, -0.1) is 0 Å². The van der Waals surface area contributed by atoms with Crippen LogP contribution in [0.4, 0.5) is 17.1 Å². The Kier molecular flexibility index (Phi) is 9.05. The van der Waals surface area contributed by atoms with Crippen molar-refractivity contribution in [3.8, 4) is 0 Å². The fourth-order valence-electron chi connectivity index (χ4n) is 11.4. The molecular weight excluding hydrogens is 933 g/mol. The number of hydrogen-bond donors (Lipinski definition) is 0. The van der Waals surface area contributed by atoms with Crippen LogP contribution in [0.25, 0.3) is 0 Å². The summed E-state index contributed by atoms with van der Waals surface area (Å²) in [6.07, 6.45) is -2.88. The Morgan fingerprint density at radius 2 is 1.21 bits per heavy atom. The topological polar surface area (TPSA) is 122 Å². The summed E-state index contributed by atoms with van der Waals surface area (Å²) in [7, 11) is -1.32. The number of piperazine rings is 1. The molecule has 12 rings (SSSR count). The molecule has 0 radical (unpaired) electrons. The second kappa shape index (κ2) is 13.7. The van der Waals surface area contributed by atoms with Gasteiger partial charge in [0.15, 0.2) is 14.6 Å². The highest BCUT2D eigenvalue weighted by molar-refractivity contribution is 8.48. The van der Waals surface area contributed by atoms with Crippen molar-refractivity contribution in [2.24, 2.45) is 0 Å². The second-order valence-corrected chi connectivity index (χ2v) is 26.2. The largest absolute Gasteiger partial charge is 0.323 e. The predicted molar refractivity (Wildman–Crippen MR) is 257 cm³/mol. The highest BCUT2D eigenvalue weighted by Crippen LogP contribution is 2.75. The van der Waals surface area contributed by atoms with Crippen LogP contribution in [0.15, 0.2) is 114 Å². The van der Waals surface area contributed by atoms with Crippen molar-refractivity contribution in [1.82, 2.24) is 19.6 Å². The molecule has 8 aliphatic rings. The average Bonchev–Trinajstić information content (AvgIpc) is 3.78. The summed E-state index contributed by atoms with van der Waals surface area (Å²) < 4.78 is 33.8. The first-order valence-corrected chi connectivity index (χ1v) is 25.8. The van der Waals surface area contributed by atoms with Gasteiger partial charge in [-0.25, -0.2) is 12.7 Å². The van der Waals surface area contributed by atoms with Crippen molar-refractivity contribution in [3.63, 3.8) is 0 Å². The quantitative estimate of drug-likeness (QED) is 0.198. The monoisotopic (exact) mass is 970 g/mol. The number of hydrogen-bond acceptors (Lipinski definition) is 13. The minimum Gasteiger partial charge on any atom is -0.323 e. The van der Waals surface area contributed by atoms with Crippen molar-refractivity contribution < 1.29 is 27.6 Å². The van der Waals surface area contributed by atoms with Crippen molar-refractivity contribution >= 4 is 129 Å². The summed E-state index contributed by atoms with van der Waals surface area (Å²) in [4.78, 5) is 66.7. The van der Waals surface area contributed by atoms with E-state index in [9.17, 15) is 0 Å². The molecule has 63 heavy (non-hydrogen) atoms. The van der Waals surface area contributed by atoms with Crippen LogP contribution in [-0.4, -0.2) is 106 Å². The van der Waals surface area contributed by atoms with Gasteiger partial charge < -0.3 is 19.6 Å². The molecule has 6 saturated heterocycles. The lowest BCUT2D eigenvalue weighted by molar-refractivity contribution is -0.163. The maximum atomic E-state index is 15.9. The van der Waals surface area contributed by atoms with E-state index in [2.05, 4.69) is 4.90 Å². The van der Waals surface area contributed by atoms with E-state index in [1.807, 2.05) is 66.7 Å². The van der Waals surface area contributed by atoms with Gasteiger partial charge in [-0.1, -0.05) is 144 Å². The number of anilines is 3. The van der Waals surface area contributed by atoms with Gasteiger partial charge in [0.1, 0.15) is 19.4 Å². The third-order valence-electron chi connectivity index (χ3n) is 14.3. The molecule has 4 bridgehead atoms. The van der Waals surface area contributed by atoms with Crippen LogP contribution in [0.2, 0.25) is 0 Å². The fraction of sp³-hybridized carbons (Fsp3) is 0.318. The first-order valence-electron chi connectivity index (χ1n) is 20.1. The van der Waals surface area contributed by atoms with Gasteiger partial charge in [0.25, 0.3) is 27.7 Å². The Bertz CT molecular complexity index is 2880. The van der Waals surface area contributed by atoms with E-state index < -0.39 is 59.6 Å². The van der Waals surface area contributed by atoms with Crippen LogP contribution in [0, 0.1) is 0 Å². The maximum absolute atomic E-state index is 15.9. The Labute approximate surface area is 392 Å². The van der Waals surface area contributed by atoms with Gasteiger partial charge in [0.2, 0.25) is 5.91 Å². The van der Waals surface area contributed by atoms with Crippen LogP contribution in [-0.2, 0) is 40.0 Å². The number of likely N-dealkylation sites (N-methyl/N-ethyl adjacent to an activating group) is 2. The van der Waals surface area contributed by atoms with Gasteiger partial charge in [-0.05, 0) is 61.4 Å². The number of rotatable bonds is 4. The molecule has 19 heteroatoms. The number of sulfonamides is 1. The number of nitrogens with zero attached hydrogens (tertiary/aromatic N) is 6. The van der Waals surface area contributed by atoms with Gasteiger partial charge in [-0.3, -0.25) is 24.1 Å². The zero-order chi connectivity index (χ0) is 44.2. The van der Waals surface area contributed by atoms with E-state index in [-0.39, 0.29) is 41.1 Å². The van der Waals surface area contributed by atoms with Crippen LogP contribution in [0.1, 0.15) is 37.8 Å². The summed E-state index contributed by atoms with van der Waals surface area (Å²) in [5.74, 6) is -1.65. The zero-order valence-electron chi connectivity index (χ0n) is 34.2. The second-order valence-electron chi connectivity index (χ2n) is 17.0. The Balaban J connectivity index is 1.33. The first-order chi connectivity index (χ1) is 30.0. The molecular formula is C44H38N6O6S7. The molecule has 8 aliphatic heterocycles. The number of carbonyl (C=O) groups is 4. The predicted octanol–water partition coefficient (Wildman–Crippen LogP) is 6.89. The third-order valence-corrected chi connectivity index (χ3v) is 22.0. The molecule has 322 valence electrons. The molecule has 0 N–H and O–H groups in total. The molecule has 3 unspecified atom stereocenters. The smallest absolute Gasteiger partial charge is 0.266 e. The molecule has 12 nitrogen and oxygen atoms in total. The molecule has 8 heterocycles. The molecule has 4 aromatic rings. The summed E-state index contributed by atoms with van der Waals surface area (Å²) in [5, 5.41) is 0. The number of fused-ring (bicyclic) bond motifs is 13. The third kappa shape index (κ3) is 5.01. The molecule has 1 spiro atoms. The Hall–Kier alpha value is -4.11. The maximum Gasteiger partial charge on any atom is 0.266 e. The number of thiocarbonyl (C=S) groups is 2. The summed E-state index contributed by atoms with van der Waals surface area (Å²) in [6.45, 7) is 3.38. The van der Waals surface area contributed by atoms with E-state index in [1.165, 1.54) is 61.5 Å². The molecule has 4 amide bonds. The lowest BCUT2D eigenvalue weighted by atomic mass is 9.53. The number of amides is 4. The van der Waals surface area contributed by atoms with Crippen LogP contribution in [0.5, 0.6) is 0 Å². The highest BCUT2D eigenvalue weighted by atomic mass is 32.2. The molecule has 6 fully saturated rings. The SMILES string of the molecule is CN1C(=O)CC2(C34CC56SC(=S)S[C@](C)(C(=O)N5[C@H]3N(c3ccccc3)c3ccccc34)N(C)C6=O)c3ccccc3N(S(=O)(=O)c3ccccc3)[C@@H]2N2CSC(=S)S[C@]1(C)C2=O. The van der Waals surface area contributed by atoms with E-state index in [0.29, 0.717) is 23.9 Å². The molecule has 0 aromatic heterocycles. The Morgan fingerprint density at radius 3 is 1.89 bits per heavy atom. The minimum atomic E-state index is -4.56. The summed E-state index contributed by atoms with van der Waals surface area (Å²) in [5.41, 5.74) is -0.297. The molecule has 0 aliphatic carbocycles. The lowest BCUT2D eigenvalue weighted by Crippen LogP contribution is -2.74. The van der Waals surface area contributed by atoms with Crippen LogP contribution >= 0.6 is 71.5 Å². The fourth-order valence-corrected chi connectivity index (χ4v) is 19.7. The van der Waals surface area contributed by atoms with E-state index in [0.717, 1.165) is 17.4 Å². The molecule has 0 saturated carbocycles. The van der Waals surface area contributed by atoms with Gasteiger partial charge >= 0.3 is 0 Å². The normalized spacial score (nSPS) is 33.4. The van der Waals surface area contributed by atoms with Crippen molar-refractivity contribution in [2.45, 2.75) is 69.4 Å².